The van der Waals surface area contributed by atoms with Crippen molar-refractivity contribution in [2.75, 3.05) is 67.3 Å². The van der Waals surface area contributed by atoms with Gasteiger partial charge in [-0.15, -0.1) is 0 Å². The van der Waals surface area contributed by atoms with E-state index in [-0.39, 0.29) is 12.4 Å². The van der Waals surface area contributed by atoms with E-state index in [1.165, 1.54) is 83.5 Å². The second kappa shape index (κ2) is 22.3. The molecular formula is C28H58ClNO4. The van der Waals surface area contributed by atoms with Gasteiger partial charge in [-0.2, -0.15) is 0 Å². The van der Waals surface area contributed by atoms with Crippen LogP contribution in [0.4, 0.5) is 0 Å². The second-order valence-electron chi connectivity index (χ2n) is 11.3. The fraction of sp³-hybridized carbons (Fsp3) is 1.00. The lowest BCUT2D eigenvalue weighted by Gasteiger charge is -2.30. The maximum absolute atomic E-state index is 10.1. The quantitative estimate of drug-likeness (QED) is 0.181. The molecular weight excluding hydrogens is 450 g/mol. The smallest absolute Gasteiger partial charge is 0.102 e. The minimum absolute atomic E-state index is 0. The zero-order valence-electron chi connectivity index (χ0n) is 23.1. The standard InChI is InChI=1S/C28H58NO4.ClH/c1-5-6-7-8-9-10-12-17-27(26-15-13-11-14-16-26)18-20-32-24-28(30)25-33-23-22-31-21-19-29(2,3)4;/h26-28,30H,5-25H2,1-4H3;1H/q+1;/p-1. The van der Waals surface area contributed by atoms with Crippen LogP contribution in [0.1, 0.15) is 96.8 Å². The number of ether oxygens (including phenoxy) is 3. The lowest BCUT2D eigenvalue weighted by atomic mass is 9.76. The van der Waals surface area contributed by atoms with Crippen LogP contribution in [0.15, 0.2) is 0 Å². The van der Waals surface area contributed by atoms with Gasteiger partial charge in [-0.05, 0) is 18.3 Å². The first kappa shape index (κ1) is 34.1. The molecule has 2 unspecified atom stereocenters. The predicted molar refractivity (Wildman–Crippen MR) is 139 cm³/mol. The summed E-state index contributed by atoms with van der Waals surface area (Å²) >= 11 is 0. The van der Waals surface area contributed by atoms with Gasteiger partial charge in [-0.25, -0.2) is 0 Å². The number of quaternary nitrogens is 1. The van der Waals surface area contributed by atoms with E-state index < -0.39 is 6.10 Å². The van der Waals surface area contributed by atoms with Crippen molar-refractivity contribution in [3.63, 3.8) is 0 Å². The molecule has 1 N–H and O–H groups in total. The number of nitrogens with zero attached hydrogens (tertiary/aromatic N) is 1. The van der Waals surface area contributed by atoms with Gasteiger partial charge in [0.15, 0.2) is 0 Å². The Morgan fingerprint density at radius 3 is 1.97 bits per heavy atom. The molecule has 0 heterocycles. The number of halogens is 1. The number of likely N-dealkylation sites (N-methyl/N-ethyl adjacent to an activating group) is 1. The maximum Gasteiger partial charge on any atom is 0.102 e. The monoisotopic (exact) mass is 507 g/mol. The Morgan fingerprint density at radius 1 is 0.735 bits per heavy atom. The van der Waals surface area contributed by atoms with E-state index in [0.717, 1.165) is 42.5 Å². The van der Waals surface area contributed by atoms with E-state index in [4.69, 9.17) is 14.2 Å². The van der Waals surface area contributed by atoms with Crippen LogP contribution in [0.2, 0.25) is 0 Å². The van der Waals surface area contributed by atoms with Crippen LogP contribution in [-0.2, 0) is 14.2 Å². The van der Waals surface area contributed by atoms with E-state index in [2.05, 4.69) is 28.1 Å². The van der Waals surface area contributed by atoms with Crippen molar-refractivity contribution in [1.29, 1.82) is 0 Å². The molecule has 0 aromatic carbocycles. The number of unbranched alkanes of at least 4 members (excludes halogenated alkanes) is 6. The summed E-state index contributed by atoms with van der Waals surface area (Å²) in [6.07, 6.45) is 18.7. The van der Waals surface area contributed by atoms with Crippen molar-refractivity contribution >= 4 is 0 Å². The predicted octanol–water partition coefficient (Wildman–Crippen LogP) is 2.83. The highest BCUT2D eigenvalue weighted by molar-refractivity contribution is 4.74. The molecule has 0 spiro atoms. The highest BCUT2D eigenvalue weighted by atomic mass is 35.5. The number of rotatable bonds is 22. The third-order valence-corrected chi connectivity index (χ3v) is 7.03. The molecule has 0 radical (unpaired) electrons. The van der Waals surface area contributed by atoms with Crippen molar-refractivity contribution in [3.8, 4) is 0 Å². The maximum atomic E-state index is 10.1. The van der Waals surface area contributed by atoms with E-state index in [1.54, 1.807) is 0 Å². The number of hydrogen-bond donors (Lipinski definition) is 1. The van der Waals surface area contributed by atoms with Crippen molar-refractivity contribution in [2.24, 2.45) is 11.8 Å². The molecule has 1 aliphatic rings. The Kier molecular flexibility index (Phi) is 22.4. The molecule has 1 fully saturated rings. The summed E-state index contributed by atoms with van der Waals surface area (Å²) < 4.78 is 17.9. The molecule has 1 saturated carbocycles. The second-order valence-corrected chi connectivity index (χ2v) is 11.3. The average Bonchev–Trinajstić information content (AvgIpc) is 2.79. The normalized spacial score (nSPS) is 16.9. The third-order valence-electron chi connectivity index (χ3n) is 7.03. The molecule has 0 aliphatic heterocycles. The summed E-state index contributed by atoms with van der Waals surface area (Å²) in [7, 11) is 6.47. The summed E-state index contributed by atoms with van der Waals surface area (Å²) in [4.78, 5) is 0. The molecule has 1 rings (SSSR count). The van der Waals surface area contributed by atoms with Gasteiger partial charge >= 0.3 is 0 Å². The van der Waals surface area contributed by atoms with Gasteiger partial charge in [-0.1, -0.05) is 90.4 Å². The van der Waals surface area contributed by atoms with Crippen molar-refractivity contribution in [2.45, 2.75) is 103 Å². The molecule has 0 aromatic rings. The first-order valence-electron chi connectivity index (χ1n) is 14.1. The summed E-state index contributed by atoms with van der Waals surface area (Å²) in [6, 6.07) is 0. The summed E-state index contributed by atoms with van der Waals surface area (Å²) in [5.74, 6) is 1.70. The van der Waals surface area contributed by atoms with Crippen molar-refractivity contribution in [3.05, 3.63) is 0 Å². The number of aliphatic hydroxyl groups excluding tert-OH is 1. The lowest BCUT2D eigenvalue weighted by Crippen LogP contribution is -3.00. The Bertz CT molecular complexity index is 427. The molecule has 0 bridgehead atoms. The molecule has 0 aromatic heterocycles. The average molecular weight is 508 g/mol. The van der Waals surface area contributed by atoms with Crippen molar-refractivity contribution < 1.29 is 36.2 Å². The molecule has 2 atom stereocenters. The van der Waals surface area contributed by atoms with E-state index in [9.17, 15) is 5.11 Å². The first-order valence-corrected chi connectivity index (χ1v) is 14.1. The van der Waals surface area contributed by atoms with Gasteiger partial charge in [0.1, 0.15) is 12.6 Å². The lowest BCUT2D eigenvalue weighted by molar-refractivity contribution is -0.870. The van der Waals surface area contributed by atoms with Crippen LogP contribution in [0.3, 0.4) is 0 Å². The first-order chi connectivity index (χ1) is 15.9. The Morgan fingerprint density at radius 2 is 1.32 bits per heavy atom. The van der Waals surface area contributed by atoms with Crippen LogP contribution in [0.25, 0.3) is 0 Å². The molecule has 0 saturated heterocycles. The number of hydrogen-bond acceptors (Lipinski definition) is 4. The van der Waals surface area contributed by atoms with Gasteiger partial charge in [0.05, 0.1) is 54.2 Å². The van der Waals surface area contributed by atoms with E-state index in [0.29, 0.717) is 26.4 Å². The minimum Gasteiger partial charge on any atom is -1.00 e. The van der Waals surface area contributed by atoms with Gasteiger partial charge in [0, 0.05) is 6.61 Å². The number of aliphatic hydroxyl groups is 1. The zero-order chi connectivity index (χ0) is 24.2. The SMILES string of the molecule is CCCCCCCCCC(CCOCC(O)COCCOCC[N+](C)(C)C)C1CCCCC1.[Cl-]. The third kappa shape index (κ3) is 20.3. The van der Waals surface area contributed by atoms with Crippen LogP contribution in [0, 0.1) is 11.8 Å². The van der Waals surface area contributed by atoms with E-state index >= 15 is 0 Å². The van der Waals surface area contributed by atoms with Crippen LogP contribution < -0.4 is 12.4 Å². The van der Waals surface area contributed by atoms with Gasteiger partial charge in [0.2, 0.25) is 0 Å². The fourth-order valence-electron chi connectivity index (χ4n) is 4.86. The Labute approximate surface area is 218 Å². The molecule has 34 heavy (non-hydrogen) atoms. The molecule has 5 nitrogen and oxygen atoms in total. The molecule has 6 heteroatoms. The summed E-state index contributed by atoms with van der Waals surface area (Å²) in [6.45, 7) is 6.57. The van der Waals surface area contributed by atoms with Crippen LogP contribution in [0.5, 0.6) is 0 Å². The van der Waals surface area contributed by atoms with Crippen molar-refractivity contribution in [1.82, 2.24) is 0 Å². The highest BCUT2D eigenvalue weighted by Crippen LogP contribution is 2.34. The Balaban J connectivity index is 0.0000109. The summed E-state index contributed by atoms with van der Waals surface area (Å²) in [5.41, 5.74) is 0. The van der Waals surface area contributed by atoms with Gasteiger partial charge in [0.25, 0.3) is 0 Å². The largest absolute Gasteiger partial charge is 1.00 e. The molecule has 1 aliphatic carbocycles. The molecule has 206 valence electrons. The fourth-order valence-corrected chi connectivity index (χ4v) is 4.86. The van der Waals surface area contributed by atoms with E-state index in [1.807, 2.05) is 0 Å². The summed E-state index contributed by atoms with van der Waals surface area (Å²) in [5, 5.41) is 10.1. The van der Waals surface area contributed by atoms with Crippen LogP contribution in [-0.4, -0.2) is 83.0 Å². The molecule has 0 amide bonds. The van der Waals surface area contributed by atoms with Gasteiger partial charge in [-0.3, -0.25) is 0 Å². The topological polar surface area (TPSA) is 47.9 Å². The Hall–Kier alpha value is 0.0900. The van der Waals surface area contributed by atoms with Crippen LogP contribution >= 0.6 is 0 Å². The van der Waals surface area contributed by atoms with Gasteiger partial charge < -0.3 is 36.2 Å². The highest BCUT2D eigenvalue weighted by Gasteiger charge is 2.23. The zero-order valence-corrected chi connectivity index (χ0v) is 23.8. The minimum atomic E-state index is -0.549.